The van der Waals surface area contributed by atoms with Crippen LogP contribution < -0.4 is 0 Å². The monoisotopic (exact) mass is 204 g/mol. The summed E-state index contributed by atoms with van der Waals surface area (Å²) in [5.41, 5.74) is 3.49. The molecule has 2 bridgehead atoms. The van der Waals surface area contributed by atoms with E-state index in [0.717, 1.165) is 11.8 Å². The summed E-state index contributed by atoms with van der Waals surface area (Å²) < 4.78 is 0. The standard InChI is InChI=1S/C15H24/c1-11(2)6-5-9-15(4)12(3)13-7-8-14(15)10-13/h6,13-14H,3,5,7-10H2,1-2,4H3/t13-,14+,15+/m1/s1. The van der Waals surface area contributed by atoms with E-state index in [9.17, 15) is 0 Å². The van der Waals surface area contributed by atoms with E-state index in [-0.39, 0.29) is 0 Å². The number of rotatable bonds is 3. The molecule has 0 nitrogen and oxygen atoms in total. The van der Waals surface area contributed by atoms with E-state index < -0.39 is 0 Å². The molecule has 15 heavy (non-hydrogen) atoms. The third-order valence-electron chi connectivity index (χ3n) is 4.78. The van der Waals surface area contributed by atoms with Crippen molar-refractivity contribution in [3.05, 3.63) is 23.8 Å². The van der Waals surface area contributed by atoms with E-state index >= 15 is 0 Å². The van der Waals surface area contributed by atoms with Crippen molar-refractivity contribution in [2.24, 2.45) is 17.3 Å². The fourth-order valence-electron chi connectivity index (χ4n) is 3.63. The fraction of sp³-hybridized carbons (Fsp3) is 0.733. The van der Waals surface area contributed by atoms with E-state index in [2.05, 4.69) is 33.4 Å². The first-order chi connectivity index (χ1) is 7.04. The van der Waals surface area contributed by atoms with Crippen LogP contribution in [0.1, 0.15) is 52.9 Å². The molecule has 2 aliphatic carbocycles. The van der Waals surface area contributed by atoms with Crippen molar-refractivity contribution in [1.82, 2.24) is 0 Å². The Balaban J connectivity index is 2.01. The van der Waals surface area contributed by atoms with Gasteiger partial charge in [-0.3, -0.25) is 0 Å². The fourth-order valence-corrected chi connectivity index (χ4v) is 3.63. The van der Waals surface area contributed by atoms with Crippen molar-refractivity contribution >= 4 is 0 Å². The van der Waals surface area contributed by atoms with Crippen LogP contribution >= 0.6 is 0 Å². The Bertz CT molecular complexity index is 293. The molecule has 3 atom stereocenters. The van der Waals surface area contributed by atoms with Crippen LogP contribution in [0.3, 0.4) is 0 Å². The molecule has 0 spiro atoms. The lowest BCUT2D eigenvalue weighted by Crippen LogP contribution is -2.25. The lowest BCUT2D eigenvalue weighted by molar-refractivity contribution is 0.241. The topological polar surface area (TPSA) is 0 Å². The molecule has 2 rings (SSSR count). The highest BCUT2D eigenvalue weighted by molar-refractivity contribution is 5.24. The molecule has 0 heteroatoms. The molecule has 0 aromatic heterocycles. The lowest BCUT2D eigenvalue weighted by atomic mass is 9.69. The van der Waals surface area contributed by atoms with Crippen molar-refractivity contribution in [2.75, 3.05) is 0 Å². The molecule has 0 aliphatic heterocycles. The molecule has 0 N–H and O–H groups in total. The second-order valence-corrected chi connectivity index (χ2v) is 5.97. The Hall–Kier alpha value is -0.520. The highest BCUT2D eigenvalue weighted by Gasteiger charge is 2.49. The summed E-state index contributed by atoms with van der Waals surface area (Å²) in [6.45, 7) is 11.2. The SMILES string of the molecule is C=C1[C@@H]2CC[C@@H](C2)[C@@]1(C)CCC=C(C)C. The summed E-state index contributed by atoms with van der Waals surface area (Å²) in [6.07, 6.45) is 9.24. The average molecular weight is 204 g/mol. The van der Waals surface area contributed by atoms with Crippen LogP contribution in [-0.2, 0) is 0 Å². The molecule has 0 amide bonds. The van der Waals surface area contributed by atoms with Gasteiger partial charge in [0, 0.05) is 0 Å². The highest BCUT2D eigenvalue weighted by Crippen LogP contribution is 2.60. The van der Waals surface area contributed by atoms with Gasteiger partial charge < -0.3 is 0 Å². The minimum absolute atomic E-state index is 0.467. The highest BCUT2D eigenvalue weighted by atomic mass is 14.5. The van der Waals surface area contributed by atoms with E-state index in [1.165, 1.54) is 37.7 Å². The maximum Gasteiger partial charge on any atom is -0.00849 e. The van der Waals surface area contributed by atoms with Crippen LogP contribution in [0.25, 0.3) is 0 Å². The zero-order valence-corrected chi connectivity index (χ0v) is 10.5. The molecule has 0 saturated heterocycles. The van der Waals surface area contributed by atoms with Gasteiger partial charge in [0.2, 0.25) is 0 Å². The van der Waals surface area contributed by atoms with Crippen LogP contribution in [-0.4, -0.2) is 0 Å². The first kappa shape index (κ1) is 11.0. The molecular weight excluding hydrogens is 180 g/mol. The molecule has 2 saturated carbocycles. The Morgan fingerprint density at radius 3 is 2.73 bits per heavy atom. The maximum atomic E-state index is 4.37. The Morgan fingerprint density at radius 2 is 2.20 bits per heavy atom. The number of hydrogen-bond acceptors (Lipinski definition) is 0. The van der Waals surface area contributed by atoms with Gasteiger partial charge in [0.15, 0.2) is 0 Å². The molecule has 0 aromatic rings. The van der Waals surface area contributed by atoms with Crippen LogP contribution in [0.2, 0.25) is 0 Å². The van der Waals surface area contributed by atoms with Crippen LogP contribution in [0, 0.1) is 17.3 Å². The molecule has 0 heterocycles. The summed E-state index contributed by atoms with van der Waals surface area (Å²) in [5.74, 6) is 1.81. The summed E-state index contributed by atoms with van der Waals surface area (Å²) in [5, 5.41) is 0. The minimum Gasteiger partial charge on any atom is -0.0990 e. The second-order valence-electron chi connectivity index (χ2n) is 5.97. The number of hydrogen-bond donors (Lipinski definition) is 0. The van der Waals surface area contributed by atoms with E-state index in [4.69, 9.17) is 0 Å². The maximum absolute atomic E-state index is 4.37. The van der Waals surface area contributed by atoms with Crippen molar-refractivity contribution < 1.29 is 0 Å². The Kier molecular flexibility index (Phi) is 2.79. The van der Waals surface area contributed by atoms with Gasteiger partial charge in [0.1, 0.15) is 0 Å². The molecule has 84 valence electrons. The van der Waals surface area contributed by atoms with Gasteiger partial charge in [-0.25, -0.2) is 0 Å². The van der Waals surface area contributed by atoms with E-state index in [1.54, 1.807) is 5.57 Å². The molecule has 0 unspecified atom stereocenters. The van der Waals surface area contributed by atoms with E-state index in [0.29, 0.717) is 5.41 Å². The third kappa shape index (κ3) is 1.79. The quantitative estimate of drug-likeness (QED) is 0.583. The van der Waals surface area contributed by atoms with Crippen molar-refractivity contribution in [3.63, 3.8) is 0 Å². The lowest BCUT2D eigenvalue weighted by Gasteiger charge is -2.36. The van der Waals surface area contributed by atoms with Crippen molar-refractivity contribution in [3.8, 4) is 0 Å². The van der Waals surface area contributed by atoms with Crippen LogP contribution in [0.4, 0.5) is 0 Å². The molecule has 0 aromatic carbocycles. The average Bonchev–Trinajstić information content (AvgIpc) is 2.70. The van der Waals surface area contributed by atoms with Gasteiger partial charge in [-0.1, -0.05) is 30.7 Å². The first-order valence-electron chi connectivity index (χ1n) is 6.36. The smallest absolute Gasteiger partial charge is 0.00849 e. The normalized spacial score (nSPS) is 38.5. The zero-order valence-electron chi connectivity index (χ0n) is 10.5. The predicted molar refractivity (Wildman–Crippen MR) is 66.7 cm³/mol. The third-order valence-corrected chi connectivity index (χ3v) is 4.78. The van der Waals surface area contributed by atoms with Crippen LogP contribution in [0.5, 0.6) is 0 Å². The van der Waals surface area contributed by atoms with Gasteiger partial charge >= 0.3 is 0 Å². The number of allylic oxidation sites excluding steroid dienone is 3. The summed E-state index contributed by atoms with van der Waals surface area (Å²) >= 11 is 0. The summed E-state index contributed by atoms with van der Waals surface area (Å²) in [7, 11) is 0. The van der Waals surface area contributed by atoms with Crippen molar-refractivity contribution in [1.29, 1.82) is 0 Å². The molecule has 0 radical (unpaired) electrons. The zero-order chi connectivity index (χ0) is 11.1. The Labute approximate surface area is 94.5 Å². The van der Waals surface area contributed by atoms with Gasteiger partial charge in [0.05, 0.1) is 0 Å². The Morgan fingerprint density at radius 1 is 1.47 bits per heavy atom. The van der Waals surface area contributed by atoms with Gasteiger partial charge in [0.25, 0.3) is 0 Å². The van der Waals surface area contributed by atoms with Crippen molar-refractivity contribution in [2.45, 2.75) is 52.9 Å². The molecule has 2 fully saturated rings. The second kappa shape index (κ2) is 3.81. The summed E-state index contributed by atoms with van der Waals surface area (Å²) in [4.78, 5) is 0. The van der Waals surface area contributed by atoms with E-state index in [1.807, 2.05) is 0 Å². The van der Waals surface area contributed by atoms with Gasteiger partial charge in [-0.15, -0.1) is 0 Å². The number of fused-ring (bicyclic) bond motifs is 2. The van der Waals surface area contributed by atoms with Crippen LogP contribution in [0.15, 0.2) is 23.8 Å². The van der Waals surface area contributed by atoms with Gasteiger partial charge in [-0.2, -0.15) is 0 Å². The summed E-state index contributed by atoms with van der Waals surface area (Å²) in [6, 6.07) is 0. The van der Waals surface area contributed by atoms with Gasteiger partial charge in [-0.05, 0) is 63.2 Å². The first-order valence-corrected chi connectivity index (χ1v) is 6.36. The minimum atomic E-state index is 0.467. The predicted octanol–water partition coefficient (Wildman–Crippen LogP) is 4.73. The molecular formula is C15H24. The largest absolute Gasteiger partial charge is 0.0990 e. The molecule has 2 aliphatic rings.